The maximum absolute atomic E-state index is 12.5. The van der Waals surface area contributed by atoms with Crippen LogP contribution in [0.15, 0.2) is 30.3 Å². The average Bonchev–Trinajstić information content (AvgIpc) is 3.18. The van der Waals surface area contributed by atoms with E-state index in [1.54, 1.807) is 0 Å². The molecule has 1 saturated carbocycles. The number of nitrogens with two attached hydrogens (primary N) is 1. The molecule has 96 valence electrons. The third kappa shape index (κ3) is 2.38. The summed E-state index contributed by atoms with van der Waals surface area (Å²) in [7, 11) is 0. The van der Waals surface area contributed by atoms with Gasteiger partial charge >= 0.3 is 0 Å². The summed E-state index contributed by atoms with van der Waals surface area (Å²) < 4.78 is 0. The molecule has 0 heterocycles. The molecule has 0 aromatic heterocycles. The van der Waals surface area contributed by atoms with Crippen LogP contribution in [0.2, 0.25) is 0 Å². The summed E-state index contributed by atoms with van der Waals surface area (Å²) in [6.45, 7) is 3.29. The fourth-order valence-corrected chi connectivity index (χ4v) is 2.42. The van der Waals surface area contributed by atoms with Crippen LogP contribution in [0, 0.1) is 5.41 Å². The molecule has 1 aliphatic carbocycles. The Balaban J connectivity index is 2.10. The van der Waals surface area contributed by atoms with Gasteiger partial charge in [0.05, 0.1) is 10.4 Å². The zero-order valence-electron chi connectivity index (χ0n) is 10.6. The largest absolute Gasteiger partial charge is 0.392 e. The van der Waals surface area contributed by atoms with Gasteiger partial charge in [-0.25, -0.2) is 0 Å². The lowest BCUT2D eigenvalue weighted by atomic mass is 10.0. The average molecular weight is 262 g/mol. The van der Waals surface area contributed by atoms with Crippen molar-refractivity contribution in [3.63, 3.8) is 0 Å². The Morgan fingerprint density at radius 1 is 1.39 bits per heavy atom. The van der Waals surface area contributed by atoms with E-state index in [0.717, 1.165) is 18.4 Å². The van der Waals surface area contributed by atoms with Gasteiger partial charge in [0, 0.05) is 13.1 Å². The monoisotopic (exact) mass is 262 g/mol. The first-order valence-corrected chi connectivity index (χ1v) is 6.64. The summed E-state index contributed by atoms with van der Waals surface area (Å²) in [5, 5.41) is 0. The van der Waals surface area contributed by atoms with E-state index in [-0.39, 0.29) is 5.91 Å². The summed E-state index contributed by atoms with van der Waals surface area (Å²) in [6, 6.07) is 9.98. The van der Waals surface area contributed by atoms with E-state index in [1.807, 2.05) is 42.2 Å². The van der Waals surface area contributed by atoms with Crippen molar-refractivity contribution in [2.24, 2.45) is 11.1 Å². The second kappa shape index (κ2) is 5.06. The molecule has 0 aliphatic heterocycles. The number of carbonyl (C=O) groups is 1. The molecule has 2 rings (SSSR count). The van der Waals surface area contributed by atoms with E-state index in [9.17, 15) is 4.79 Å². The maximum Gasteiger partial charge on any atom is 0.235 e. The Hall–Kier alpha value is -1.42. The molecule has 1 amide bonds. The predicted molar refractivity (Wildman–Crippen MR) is 76.0 cm³/mol. The second-order valence-corrected chi connectivity index (χ2v) is 5.19. The zero-order chi connectivity index (χ0) is 13.2. The van der Waals surface area contributed by atoms with Crippen molar-refractivity contribution in [2.45, 2.75) is 26.3 Å². The lowest BCUT2D eigenvalue weighted by molar-refractivity contribution is -0.134. The molecule has 3 nitrogen and oxygen atoms in total. The minimum atomic E-state index is -0.542. The highest BCUT2D eigenvalue weighted by molar-refractivity contribution is 7.80. The summed E-state index contributed by atoms with van der Waals surface area (Å²) in [5.41, 5.74) is 6.29. The standard InChI is InChI=1S/C14H18N2OS/c1-2-16(10-11-6-4-3-5-7-11)13(17)14(8-9-14)12(15)18/h3-7H,2,8-10H2,1H3,(H2,15,18). The number of thiocarbonyl (C=S) groups is 1. The van der Waals surface area contributed by atoms with Crippen LogP contribution in [-0.4, -0.2) is 22.3 Å². The van der Waals surface area contributed by atoms with E-state index in [2.05, 4.69) is 0 Å². The first kappa shape index (κ1) is 13.0. The van der Waals surface area contributed by atoms with Gasteiger partial charge in [-0.3, -0.25) is 4.79 Å². The third-order valence-electron chi connectivity index (χ3n) is 3.52. The minimum Gasteiger partial charge on any atom is -0.392 e. The number of hydrogen-bond donors (Lipinski definition) is 1. The molecule has 1 aromatic carbocycles. The summed E-state index contributed by atoms with van der Waals surface area (Å²) in [6.07, 6.45) is 1.60. The number of rotatable bonds is 5. The second-order valence-electron chi connectivity index (χ2n) is 4.75. The van der Waals surface area contributed by atoms with Crippen LogP contribution in [0.5, 0.6) is 0 Å². The van der Waals surface area contributed by atoms with Crippen LogP contribution in [-0.2, 0) is 11.3 Å². The van der Waals surface area contributed by atoms with Gasteiger partial charge in [0.15, 0.2) is 0 Å². The van der Waals surface area contributed by atoms with Crippen LogP contribution >= 0.6 is 12.2 Å². The molecule has 4 heteroatoms. The lowest BCUT2D eigenvalue weighted by Crippen LogP contribution is -2.42. The summed E-state index contributed by atoms with van der Waals surface area (Å²) >= 11 is 5.03. The molecule has 0 unspecified atom stereocenters. The van der Waals surface area contributed by atoms with E-state index in [4.69, 9.17) is 18.0 Å². The Morgan fingerprint density at radius 3 is 2.44 bits per heavy atom. The molecule has 1 aliphatic rings. The van der Waals surface area contributed by atoms with Gasteiger partial charge in [-0.1, -0.05) is 42.5 Å². The van der Waals surface area contributed by atoms with Crippen molar-refractivity contribution in [1.29, 1.82) is 0 Å². The van der Waals surface area contributed by atoms with Crippen molar-refractivity contribution < 1.29 is 4.79 Å². The van der Waals surface area contributed by atoms with Crippen LogP contribution < -0.4 is 5.73 Å². The Labute approximate surface area is 113 Å². The molecule has 0 spiro atoms. The molecular formula is C14H18N2OS. The highest BCUT2D eigenvalue weighted by atomic mass is 32.1. The first-order valence-electron chi connectivity index (χ1n) is 6.23. The summed E-state index contributed by atoms with van der Waals surface area (Å²) in [4.78, 5) is 14.6. The minimum absolute atomic E-state index is 0.0846. The van der Waals surface area contributed by atoms with Gasteiger partial charge in [0.2, 0.25) is 5.91 Å². The quantitative estimate of drug-likeness (QED) is 0.827. The van der Waals surface area contributed by atoms with Gasteiger partial charge in [-0.15, -0.1) is 0 Å². The third-order valence-corrected chi connectivity index (χ3v) is 3.91. The maximum atomic E-state index is 12.5. The van der Waals surface area contributed by atoms with Crippen molar-refractivity contribution in [2.75, 3.05) is 6.54 Å². The predicted octanol–water partition coefficient (Wildman–Crippen LogP) is 2.10. The number of amides is 1. The van der Waals surface area contributed by atoms with Gasteiger partial charge in [0.25, 0.3) is 0 Å². The van der Waals surface area contributed by atoms with Crippen LogP contribution in [0.1, 0.15) is 25.3 Å². The number of carbonyl (C=O) groups excluding carboxylic acids is 1. The van der Waals surface area contributed by atoms with Gasteiger partial charge in [0.1, 0.15) is 0 Å². The number of nitrogens with zero attached hydrogens (tertiary/aromatic N) is 1. The Kier molecular flexibility index (Phi) is 3.66. The molecule has 18 heavy (non-hydrogen) atoms. The molecule has 1 fully saturated rings. The zero-order valence-corrected chi connectivity index (χ0v) is 11.4. The molecular weight excluding hydrogens is 244 g/mol. The van der Waals surface area contributed by atoms with E-state index in [0.29, 0.717) is 18.1 Å². The van der Waals surface area contributed by atoms with Gasteiger partial charge in [-0.05, 0) is 25.3 Å². The molecule has 0 saturated heterocycles. The smallest absolute Gasteiger partial charge is 0.235 e. The van der Waals surface area contributed by atoms with Crippen molar-refractivity contribution >= 4 is 23.1 Å². The Bertz CT molecular complexity index is 454. The van der Waals surface area contributed by atoms with Crippen molar-refractivity contribution in [1.82, 2.24) is 4.90 Å². The first-order chi connectivity index (χ1) is 8.60. The Morgan fingerprint density at radius 2 is 2.00 bits per heavy atom. The molecule has 0 bridgehead atoms. The van der Waals surface area contributed by atoms with Crippen LogP contribution in [0.25, 0.3) is 0 Å². The SMILES string of the molecule is CCN(Cc1ccccc1)C(=O)C1(C(N)=S)CC1. The van der Waals surface area contributed by atoms with Gasteiger partial charge < -0.3 is 10.6 Å². The van der Waals surface area contributed by atoms with E-state index in [1.165, 1.54) is 0 Å². The number of hydrogen-bond acceptors (Lipinski definition) is 2. The van der Waals surface area contributed by atoms with Crippen molar-refractivity contribution in [3.8, 4) is 0 Å². The molecule has 2 N–H and O–H groups in total. The van der Waals surface area contributed by atoms with Gasteiger partial charge in [-0.2, -0.15) is 0 Å². The van der Waals surface area contributed by atoms with Crippen molar-refractivity contribution in [3.05, 3.63) is 35.9 Å². The lowest BCUT2D eigenvalue weighted by Gasteiger charge is -2.25. The topological polar surface area (TPSA) is 46.3 Å². The fourth-order valence-electron chi connectivity index (χ4n) is 2.12. The summed E-state index contributed by atoms with van der Waals surface area (Å²) in [5.74, 6) is 0.0846. The van der Waals surface area contributed by atoms with Crippen LogP contribution in [0.3, 0.4) is 0 Å². The van der Waals surface area contributed by atoms with E-state index >= 15 is 0 Å². The number of benzene rings is 1. The van der Waals surface area contributed by atoms with E-state index < -0.39 is 5.41 Å². The molecule has 1 aromatic rings. The molecule has 0 atom stereocenters. The molecule has 0 radical (unpaired) electrons. The van der Waals surface area contributed by atoms with Crippen LogP contribution in [0.4, 0.5) is 0 Å². The normalized spacial score (nSPS) is 16.1. The highest BCUT2D eigenvalue weighted by Crippen LogP contribution is 2.47. The highest BCUT2D eigenvalue weighted by Gasteiger charge is 2.54. The fraction of sp³-hybridized carbons (Fsp3) is 0.429.